The largest absolute Gasteiger partial charge is 0.378 e. The Hall–Kier alpha value is -1.95. The molecule has 0 bridgehead atoms. The van der Waals surface area contributed by atoms with Crippen LogP contribution in [0.3, 0.4) is 0 Å². The number of ether oxygens (including phenoxy) is 1. The van der Waals surface area contributed by atoms with E-state index in [0.29, 0.717) is 25.0 Å². The Labute approximate surface area is 110 Å². The molecule has 1 saturated heterocycles. The third-order valence-corrected chi connectivity index (χ3v) is 3.22. The molecule has 1 aromatic heterocycles. The van der Waals surface area contributed by atoms with Crippen LogP contribution in [0.1, 0.15) is 5.56 Å². The number of benzene rings is 1. The summed E-state index contributed by atoms with van der Waals surface area (Å²) in [6, 6.07) is 4.65. The molecule has 2 aromatic rings. The molecule has 1 fully saturated rings. The standard InChI is InChI=1S/C13H15FN4O/c1-9-2-3-10(14)8-11(9)12-15-13(17-16-12)18-4-6-19-7-5-18/h2-3,8H,4-7H2,1H3,(H,15,16,17). The van der Waals surface area contributed by atoms with Gasteiger partial charge in [-0.2, -0.15) is 4.98 Å². The fourth-order valence-corrected chi connectivity index (χ4v) is 2.13. The summed E-state index contributed by atoms with van der Waals surface area (Å²) >= 11 is 0. The van der Waals surface area contributed by atoms with Crippen LogP contribution in [0.25, 0.3) is 11.4 Å². The Balaban J connectivity index is 1.89. The quantitative estimate of drug-likeness (QED) is 0.896. The number of anilines is 1. The van der Waals surface area contributed by atoms with Gasteiger partial charge in [-0.15, -0.1) is 5.10 Å². The molecular weight excluding hydrogens is 247 g/mol. The topological polar surface area (TPSA) is 54.0 Å². The molecule has 0 saturated carbocycles. The summed E-state index contributed by atoms with van der Waals surface area (Å²) < 4.78 is 18.6. The fraction of sp³-hybridized carbons (Fsp3) is 0.385. The monoisotopic (exact) mass is 262 g/mol. The highest BCUT2D eigenvalue weighted by atomic mass is 19.1. The highest BCUT2D eigenvalue weighted by Gasteiger charge is 2.16. The lowest BCUT2D eigenvalue weighted by atomic mass is 10.1. The van der Waals surface area contributed by atoms with Crippen LogP contribution in [0.4, 0.5) is 10.3 Å². The molecule has 0 spiro atoms. The van der Waals surface area contributed by atoms with Crippen LogP contribution in [0, 0.1) is 12.7 Å². The second-order valence-corrected chi connectivity index (χ2v) is 4.54. The lowest BCUT2D eigenvalue weighted by Gasteiger charge is -2.25. The van der Waals surface area contributed by atoms with E-state index >= 15 is 0 Å². The molecule has 1 aliphatic rings. The van der Waals surface area contributed by atoms with Crippen LogP contribution < -0.4 is 4.90 Å². The molecule has 19 heavy (non-hydrogen) atoms. The number of nitrogens with one attached hydrogen (secondary N) is 1. The van der Waals surface area contributed by atoms with E-state index in [9.17, 15) is 4.39 Å². The van der Waals surface area contributed by atoms with E-state index in [4.69, 9.17) is 4.74 Å². The Morgan fingerprint density at radius 3 is 2.89 bits per heavy atom. The number of aromatic nitrogens is 3. The minimum Gasteiger partial charge on any atom is -0.378 e. The Kier molecular flexibility index (Phi) is 3.16. The molecule has 0 radical (unpaired) electrons. The molecule has 0 atom stereocenters. The zero-order chi connectivity index (χ0) is 13.2. The van der Waals surface area contributed by atoms with E-state index in [1.807, 2.05) is 6.92 Å². The zero-order valence-electron chi connectivity index (χ0n) is 10.7. The number of morpholine rings is 1. The molecule has 5 nitrogen and oxygen atoms in total. The molecule has 3 rings (SSSR count). The summed E-state index contributed by atoms with van der Waals surface area (Å²) in [5.74, 6) is 0.963. The highest BCUT2D eigenvalue weighted by molar-refractivity contribution is 5.61. The Bertz CT molecular complexity index is 578. The second kappa shape index (κ2) is 4.97. The second-order valence-electron chi connectivity index (χ2n) is 4.54. The van der Waals surface area contributed by atoms with Crippen molar-refractivity contribution in [2.24, 2.45) is 0 Å². The summed E-state index contributed by atoms with van der Waals surface area (Å²) in [7, 11) is 0. The van der Waals surface area contributed by atoms with Gasteiger partial charge < -0.3 is 9.64 Å². The van der Waals surface area contributed by atoms with Gasteiger partial charge in [-0.05, 0) is 24.6 Å². The van der Waals surface area contributed by atoms with Crippen molar-refractivity contribution in [3.63, 3.8) is 0 Å². The first-order valence-electron chi connectivity index (χ1n) is 6.25. The molecule has 1 aromatic carbocycles. The number of aromatic amines is 1. The summed E-state index contributed by atoms with van der Waals surface area (Å²) in [6.45, 7) is 4.84. The maximum Gasteiger partial charge on any atom is 0.245 e. The van der Waals surface area contributed by atoms with E-state index < -0.39 is 0 Å². The van der Waals surface area contributed by atoms with Gasteiger partial charge in [0.05, 0.1) is 13.2 Å². The van der Waals surface area contributed by atoms with E-state index in [1.54, 1.807) is 6.07 Å². The van der Waals surface area contributed by atoms with Crippen LogP contribution >= 0.6 is 0 Å². The zero-order valence-corrected chi connectivity index (χ0v) is 10.7. The van der Waals surface area contributed by atoms with Crippen molar-refractivity contribution in [1.82, 2.24) is 15.2 Å². The van der Waals surface area contributed by atoms with Crippen LogP contribution in [-0.4, -0.2) is 41.5 Å². The summed E-state index contributed by atoms with van der Waals surface area (Å²) in [5, 5.41) is 7.08. The highest BCUT2D eigenvalue weighted by Crippen LogP contribution is 2.22. The molecule has 2 heterocycles. The third-order valence-electron chi connectivity index (χ3n) is 3.22. The van der Waals surface area contributed by atoms with Gasteiger partial charge in [-0.3, -0.25) is 5.10 Å². The molecule has 6 heteroatoms. The molecular formula is C13H15FN4O. The molecule has 0 amide bonds. The van der Waals surface area contributed by atoms with Gasteiger partial charge in [0.15, 0.2) is 5.82 Å². The number of hydrogen-bond donors (Lipinski definition) is 1. The number of halogens is 1. The van der Waals surface area contributed by atoms with Gasteiger partial charge in [-0.1, -0.05) is 6.07 Å². The van der Waals surface area contributed by atoms with Crippen LogP contribution in [0.5, 0.6) is 0 Å². The van der Waals surface area contributed by atoms with Crippen molar-refractivity contribution in [1.29, 1.82) is 0 Å². The van der Waals surface area contributed by atoms with Gasteiger partial charge in [0.25, 0.3) is 0 Å². The van der Waals surface area contributed by atoms with Gasteiger partial charge in [0.2, 0.25) is 5.95 Å². The smallest absolute Gasteiger partial charge is 0.245 e. The van der Waals surface area contributed by atoms with E-state index in [0.717, 1.165) is 24.2 Å². The normalized spacial score (nSPS) is 15.8. The van der Waals surface area contributed by atoms with Gasteiger partial charge in [-0.25, -0.2) is 4.39 Å². The fourth-order valence-electron chi connectivity index (χ4n) is 2.13. The van der Waals surface area contributed by atoms with Gasteiger partial charge >= 0.3 is 0 Å². The van der Waals surface area contributed by atoms with E-state index in [1.165, 1.54) is 12.1 Å². The SMILES string of the molecule is Cc1ccc(F)cc1-c1nc(N2CCOCC2)n[nH]1. The molecule has 1 N–H and O–H groups in total. The van der Waals surface area contributed by atoms with Gasteiger partial charge in [0, 0.05) is 18.7 Å². The summed E-state index contributed by atoms with van der Waals surface area (Å²) in [6.07, 6.45) is 0. The number of aryl methyl sites for hydroxylation is 1. The first-order chi connectivity index (χ1) is 9.24. The van der Waals surface area contributed by atoms with Crippen molar-refractivity contribution in [2.75, 3.05) is 31.2 Å². The third kappa shape index (κ3) is 2.44. The average molecular weight is 262 g/mol. The minimum atomic E-state index is -0.273. The predicted octanol–water partition coefficient (Wildman–Crippen LogP) is 1.76. The predicted molar refractivity (Wildman–Crippen MR) is 69.5 cm³/mol. The van der Waals surface area contributed by atoms with E-state index in [2.05, 4.69) is 20.1 Å². The maximum atomic E-state index is 13.3. The first-order valence-corrected chi connectivity index (χ1v) is 6.25. The molecule has 100 valence electrons. The number of rotatable bonds is 2. The molecule has 0 unspecified atom stereocenters. The van der Waals surface area contributed by atoms with Crippen LogP contribution in [-0.2, 0) is 4.74 Å². The lowest BCUT2D eigenvalue weighted by Crippen LogP contribution is -2.36. The van der Waals surface area contributed by atoms with E-state index in [-0.39, 0.29) is 5.82 Å². The van der Waals surface area contributed by atoms with Crippen molar-refractivity contribution >= 4 is 5.95 Å². The Morgan fingerprint density at radius 1 is 1.32 bits per heavy atom. The van der Waals surface area contributed by atoms with Crippen molar-refractivity contribution in [3.8, 4) is 11.4 Å². The first kappa shape index (κ1) is 12.1. The van der Waals surface area contributed by atoms with Crippen LogP contribution in [0.2, 0.25) is 0 Å². The van der Waals surface area contributed by atoms with Crippen molar-refractivity contribution in [3.05, 3.63) is 29.6 Å². The number of hydrogen-bond acceptors (Lipinski definition) is 4. The molecule has 0 aliphatic carbocycles. The number of nitrogens with zero attached hydrogens (tertiary/aromatic N) is 3. The number of H-pyrrole nitrogens is 1. The van der Waals surface area contributed by atoms with Crippen LogP contribution in [0.15, 0.2) is 18.2 Å². The summed E-state index contributed by atoms with van der Waals surface area (Å²) in [4.78, 5) is 6.50. The Morgan fingerprint density at radius 2 is 2.11 bits per heavy atom. The average Bonchev–Trinajstić information content (AvgIpc) is 2.92. The lowest BCUT2D eigenvalue weighted by molar-refractivity contribution is 0.122. The minimum absolute atomic E-state index is 0.273. The van der Waals surface area contributed by atoms with Gasteiger partial charge in [0.1, 0.15) is 5.82 Å². The van der Waals surface area contributed by atoms with Crippen molar-refractivity contribution in [2.45, 2.75) is 6.92 Å². The van der Waals surface area contributed by atoms with Crippen molar-refractivity contribution < 1.29 is 9.13 Å². The maximum absolute atomic E-state index is 13.3. The summed E-state index contributed by atoms with van der Waals surface area (Å²) in [5.41, 5.74) is 1.71. The molecule has 1 aliphatic heterocycles.